The van der Waals surface area contributed by atoms with Crippen molar-refractivity contribution in [1.82, 2.24) is 15.1 Å². The van der Waals surface area contributed by atoms with Crippen LogP contribution < -0.4 is 10.5 Å². The fourth-order valence-electron chi connectivity index (χ4n) is 4.88. The molecule has 0 saturated heterocycles. The molecule has 3 aromatic rings. The van der Waals surface area contributed by atoms with Crippen LogP contribution in [0.15, 0.2) is 59.5 Å². The third-order valence-electron chi connectivity index (χ3n) is 7.05. The number of carbonyl (C=O) groups is 1. The maximum Gasteiger partial charge on any atom is 0.238 e. The Morgan fingerprint density at radius 2 is 1.67 bits per heavy atom. The number of benzene rings is 2. The van der Waals surface area contributed by atoms with Gasteiger partial charge in [0, 0.05) is 24.6 Å². The number of rotatable bonds is 14. The molecular formula is C29H37FN4O4S. The quantitative estimate of drug-likeness (QED) is 0.268. The topological polar surface area (TPSA) is 116 Å². The van der Waals surface area contributed by atoms with Crippen molar-refractivity contribution >= 4 is 15.9 Å². The maximum atomic E-state index is 13.5. The molecule has 8 nitrogen and oxygen atoms in total. The lowest BCUT2D eigenvalue weighted by molar-refractivity contribution is -0.124. The minimum absolute atomic E-state index is 0.0131. The third-order valence-corrected chi connectivity index (χ3v) is 7.98. The Bertz CT molecular complexity index is 1320. The van der Waals surface area contributed by atoms with E-state index < -0.39 is 10.0 Å². The molecule has 1 aliphatic rings. The Hall–Kier alpha value is -3.08. The minimum atomic E-state index is -3.81. The number of unbranched alkanes of at least 4 members (excludes halogenated alkanes) is 4. The number of sulfonamides is 1. The SMILES string of the molecule is NS(=O)(=O)c1ccc(-n2nc(COCCCCCCCNC(=O)C3CCCC3)cc2-c2ccc(F)cc2)cc1. The van der Waals surface area contributed by atoms with E-state index in [0.29, 0.717) is 24.6 Å². The lowest BCUT2D eigenvalue weighted by Crippen LogP contribution is -2.30. The standard InChI is InChI=1S/C29H37FN4O4S/c30-24-12-10-22(11-13-24)28-20-25(33-34(28)26-14-16-27(17-15-26)39(31,36)37)21-38-19-7-3-1-2-6-18-32-29(35)23-8-4-5-9-23/h10-17,20,23H,1-9,18-19,21H2,(H,32,35)(H2,31,36,37). The van der Waals surface area contributed by atoms with Gasteiger partial charge in [0.2, 0.25) is 15.9 Å². The molecule has 2 aromatic carbocycles. The summed E-state index contributed by atoms with van der Waals surface area (Å²) in [5.74, 6) is 0.127. The van der Waals surface area contributed by atoms with Gasteiger partial charge in [0.1, 0.15) is 5.82 Å². The van der Waals surface area contributed by atoms with E-state index in [0.717, 1.165) is 62.7 Å². The van der Waals surface area contributed by atoms with E-state index in [-0.39, 0.29) is 22.5 Å². The van der Waals surface area contributed by atoms with Gasteiger partial charge in [-0.15, -0.1) is 0 Å². The Balaban J connectivity index is 1.24. The van der Waals surface area contributed by atoms with E-state index in [9.17, 15) is 17.6 Å². The molecule has 0 aliphatic heterocycles. The lowest BCUT2D eigenvalue weighted by Gasteiger charge is -2.10. The fraction of sp³-hybridized carbons (Fsp3) is 0.448. The summed E-state index contributed by atoms with van der Waals surface area (Å²) in [7, 11) is -3.81. The van der Waals surface area contributed by atoms with E-state index in [1.807, 2.05) is 6.07 Å². The highest BCUT2D eigenvalue weighted by atomic mass is 32.2. The monoisotopic (exact) mass is 556 g/mol. The van der Waals surface area contributed by atoms with Crippen LogP contribution in [-0.2, 0) is 26.2 Å². The van der Waals surface area contributed by atoms with Crippen LogP contribution in [-0.4, -0.2) is 37.3 Å². The van der Waals surface area contributed by atoms with E-state index in [1.54, 1.807) is 28.9 Å². The van der Waals surface area contributed by atoms with Crippen LogP contribution in [0.5, 0.6) is 0 Å². The number of nitrogens with zero attached hydrogens (tertiary/aromatic N) is 2. The molecule has 1 aliphatic carbocycles. The Labute approximate surface area is 229 Å². The van der Waals surface area contributed by atoms with Crippen molar-refractivity contribution in [3.63, 3.8) is 0 Å². The number of primary sulfonamides is 1. The zero-order valence-electron chi connectivity index (χ0n) is 22.1. The molecule has 0 radical (unpaired) electrons. The van der Waals surface area contributed by atoms with Gasteiger partial charge >= 0.3 is 0 Å². The molecule has 0 atom stereocenters. The molecule has 1 amide bonds. The van der Waals surface area contributed by atoms with Crippen molar-refractivity contribution in [2.24, 2.45) is 11.1 Å². The second-order valence-electron chi connectivity index (χ2n) is 10.1. The molecule has 210 valence electrons. The first-order chi connectivity index (χ1) is 18.8. The second kappa shape index (κ2) is 13.8. The number of hydrogen-bond acceptors (Lipinski definition) is 5. The summed E-state index contributed by atoms with van der Waals surface area (Å²) in [4.78, 5) is 12.1. The summed E-state index contributed by atoms with van der Waals surface area (Å²) in [6.07, 6.45) is 9.60. The van der Waals surface area contributed by atoms with Crippen LogP contribution in [0, 0.1) is 11.7 Å². The normalized spacial score (nSPS) is 14.1. The Morgan fingerprint density at radius 3 is 2.36 bits per heavy atom. The summed E-state index contributed by atoms with van der Waals surface area (Å²) in [5, 5.41) is 13.0. The number of hydrogen-bond donors (Lipinski definition) is 2. The molecule has 0 spiro atoms. The Kier molecular flexibility index (Phi) is 10.2. The largest absolute Gasteiger partial charge is 0.375 e. The summed E-state index contributed by atoms with van der Waals surface area (Å²) >= 11 is 0. The van der Waals surface area contributed by atoms with Crippen LogP contribution in [0.25, 0.3) is 16.9 Å². The zero-order valence-corrected chi connectivity index (χ0v) is 23.0. The first kappa shape index (κ1) is 28.9. The van der Waals surface area contributed by atoms with Crippen molar-refractivity contribution in [3.8, 4) is 16.9 Å². The van der Waals surface area contributed by atoms with Gasteiger partial charge in [0.15, 0.2) is 0 Å². The summed E-state index contributed by atoms with van der Waals surface area (Å²) in [6, 6.07) is 14.1. The van der Waals surface area contributed by atoms with Gasteiger partial charge in [-0.05, 0) is 80.3 Å². The maximum absolute atomic E-state index is 13.5. The van der Waals surface area contributed by atoms with Crippen LogP contribution in [0.3, 0.4) is 0 Å². The average molecular weight is 557 g/mol. The van der Waals surface area contributed by atoms with Crippen LogP contribution in [0.4, 0.5) is 4.39 Å². The van der Waals surface area contributed by atoms with Crippen molar-refractivity contribution in [3.05, 3.63) is 66.1 Å². The highest BCUT2D eigenvalue weighted by molar-refractivity contribution is 7.89. The first-order valence-electron chi connectivity index (χ1n) is 13.6. The van der Waals surface area contributed by atoms with Crippen LogP contribution >= 0.6 is 0 Å². The molecule has 1 fully saturated rings. The Morgan fingerprint density at radius 1 is 1.00 bits per heavy atom. The van der Waals surface area contributed by atoms with Crippen LogP contribution in [0.1, 0.15) is 63.5 Å². The van der Waals surface area contributed by atoms with Gasteiger partial charge < -0.3 is 10.1 Å². The number of aromatic nitrogens is 2. The lowest BCUT2D eigenvalue weighted by atomic mass is 10.1. The summed E-state index contributed by atoms with van der Waals surface area (Å²) in [6.45, 7) is 1.69. The van der Waals surface area contributed by atoms with Gasteiger partial charge in [0.05, 0.1) is 28.6 Å². The van der Waals surface area contributed by atoms with Crippen LogP contribution in [0.2, 0.25) is 0 Å². The molecule has 1 saturated carbocycles. The third kappa shape index (κ3) is 8.45. The highest BCUT2D eigenvalue weighted by Crippen LogP contribution is 2.26. The smallest absolute Gasteiger partial charge is 0.238 e. The van der Waals surface area contributed by atoms with E-state index in [2.05, 4.69) is 10.4 Å². The number of amides is 1. The predicted molar refractivity (Wildman–Crippen MR) is 148 cm³/mol. The number of halogens is 1. The fourth-order valence-corrected chi connectivity index (χ4v) is 5.40. The van der Waals surface area contributed by atoms with E-state index in [1.165, 1.54) is 37.1 Å². The molecule has 0 bridgehead atoms. The molecule has 0 unspecified atom stereocenters. The second-order valence-corrected chi connectivity index (χ2v) is 11.6. The summed E-state index contributed by atoms with van der Waals surface area (Å²) < 4.78 is 44.3. The predicted octanol–water partition coefficient (Wildman–Crippen LogP) is 5.10. The molecule has 1 aromatic heterocycles. The van der Waals surface area contributed by atoms with Gasteiger partial charge in [-0.25, -0.2) is 22.6 Å². The summed E-state index contributed by atoms with van der Waals surface area (Å²) in [5.41, 5.74) is 2.86. The highest BCUT2D eigenvalue weighted by Gasteiger charge is 2.21. The van der Waals surface area contributed by atoms with Crippen molar-refractivity contribution in [2.45, 2.75) is 69.3 Å². The molecular weight excluding hydrogens is 519 g/mol. The molecule has 39 heavy (non-hydrogen) atoms. The van der Waals surface area contributed by atoms with Gasteiger partial charge in [-0.2, -0.15) is 5.10 Å². The van der Waals surface area contributed by atoms with E-state index >= 15 is 0 Å². The first-order valence-corrected chi connectivity index (χ1v) is 15.2. The minimum Gasteiger partial charge on any atom is -0.375 e. The van der Waals surface area contributed by atoms with Crippen molar-refractivity contribution in [2.75, 3.05) is 13.2 Å². The molecule has 4 rings (SSSR count). The van der Waals surface area contributed by atoms with Crippen molar-refractivity contribution < 1.29 is 22.3 Å². The molecule has 10 heteroatoms. The molecule has 3 N–H and O–H groups in total. The van der Waals surface area contributed by atoms with Gasteiger partial charge in [-0.3, -0.25) is 4.79 Å². The number of nitrogens with one attached hydrogen (secondary N) is 1. The number of ether oxygens (including phenoxy) is 1. The average Bonchev–Trinajstić information content (AvgIpc) is 3.61. The number of carbonyl (C=O) groups excluding carboxylic acids is 1. The van der Waals surface area contributed by atoms with E-state index in [4.69, 9.17) is 9.88 Å². The van der Waals surface area contributed by atoms with Gasteiger partial charge in [-0.1, -0.05) is 32.1 Å². The zero-order chi connectivity index (χ0) is 27.7. The van der Waals surface area contributed by atoms with Crippen molar-refractivity contribution in [1.29, 1.82) is 0 Å². The number of nitrogens with two attached hydrogens (primary N) is 1. The molecule has 1 heterocycles. The van der Waals surface area contributed by atoms with Gasteiger partial charge in [0.25, 0.3) is 0 Å².